The normalized spacial score (nSPS) is 20.9. The van der Waals surface area contributed by atoms with Gasteiger partial charge in [-0.05, 0) is 31.4 Å². The molecule has 0 amide bonds. The number of aromatic nitrogens is 2. The third-order valence-electron chi connectivity index (χ3n) is 3.20. The molecule has 0 bridgehead atoms. The molecule has 0 radical (unpaired) electrons. The summed E-state index contributed by atoms with van der Waals surface area (Å²) in [7, 11) is 0. The van der Waals surface area contributed by atoms with Gasteiger partial charge in [0, 0.05) is 12.0 Å². The molecule has 1 aromatic carbocycles. The molecular formula is C12H14ClN3O. The number of benzene rings is 1. The molecule has 5 heteroatoms. The van der Waals surface area contributed by atoms with Gasteiger partial charge in [0.1, 0.15) is 0 Å². The van der Waals surface area contributed by atoms with Crippen LogP contribution >= 0.6 is 11.6 Å². The first kappa shape index (κ1) is 10.9. The van der Waals surface area contributed by atoms with Crippen molar-refractivity contribution in [1.82, 2.24) is 9.78 Å². The first-order valence-electron chi connectivity index (χ1n) is 5.80. The van der Waals surface area contributed by atoms with Crippen molar-refractivity contribution >= 4 is 28.2 Å². The van der Waals surface area contributed by atoms with Crippen LogP contribution in [0.15, 0.2) is 18.3 Å². The molecule has 17 heavy (non-hydrogen) atoms. The second-order valence-corrected chi connectivity index (χ2v) is 4.71. The summed E-state index contributed by atoms with van der Waals surface area (Å²) in [5.41, 5.74) is 7.51. The highest BCUT2D eigenvalue weighted by molar-refractivity contribution is 6.34. The van der Waals surface area contributed by atoms with Crippen LogP contribution < -0.4 is 5.73 Å². The third kappa shape index (κ3) is 1.77. The van der Waals surface area contributed by atoms with Gasteiger partial charge in [0.25, 0.3) is 0 Å². The summed E-state index contributed by atoms with van der Waals surface area (Å²) in [6.45, 7) is 0.801. The number of ether oxygens (including phenoxy) is 1. The average Bonchev–Trinajstić information content (AvgIpc) is 2.79. The molecule has 1 aromatic heterocycles. The van der Waals surface area contributed by atoms with Gasteiger partial charge < -0.3 is 10.5 Å². The predicted molar refractivity (Wildman–Crippen MR) is 68.0 cm³/mol. The standard InChI is InChI=1S/C12H14ClN3O/c13-9-4-5-10-8(12(9)14)7-15-16(10)11-3-1-2-6-17-11/h4-5,7,11H,1-3,6,14H2. The fraction of sp³-hybridized carbons (Fsp3) is 0.417. The zero-order valence-corrected chi connectivity index (χ0v) is 10.2. The second kappa shape index (κ2) is 4.20. The Hall–Kier alpha value is -1.26. The molecule has 2 heterocycles. The Morgan fingerprint density at radius 1 is 1.41 bits per heavy atom. The van der Waals surface area contributed by atoms with E-state index < -0.39 is 0 Å². The largest absolute Gasteiger partial charge is 0.397 e. The van der Waals surface area contributed by atoms with Gasteiger partial charge in [-0.1, -0.05) is 11.6 Å². The Balaban J connectivity index is 2.08. The molecule has 90 valence electrons. The molecule has 0 spiro atoms. The van der Waals surface area contributed by atoms with Gasteiger partial charge in [-0.3, -0.25) is 0 Å². The summed E-state index contributed by atoms with van der Waals surface area (Å²) < 4.78 is 7.63. The van der Waals surface area contributed by atoms with Crippen molar-refractivity contribution in [2.75, 3.05) is 12.3 Å². The van der Waals surface area contributed by atoms with Crippen LogP contribution in [0, 0.1) is 0 Å². The minimum atomic E-state index is 0.0295. The average molecular weight is 252 g/mol. The maximum absolute atomic E-state index is 5.99. The zero-order chi connectivity index (χ0) is 11.8. The Kier molecular flexibility index (Phi) is 2.68. The number of hydrogen-bond donors (Lipinski definition) is 1. The number of nitrogen functional groups attached to an aromatic ring is 1. The SMILES string of the molecule is Nc1c(Cl)ccc2c1cnn2C1CCCCO1. The fourth-order valence-electron chi connectivity index (χ4n) is 2.26. The van der Waals surface area contributed by atoms with E-state index in [9.17, 15) is 0 Å². The van der Waals surface area contributed by atoms with Crippen molar-refractivity contribution in [3.63, 3.8) is 0 Å². The van der Waals surface area contributed by atoms with Crippen molar-refractivity contribution in [2.45, 2.75) is 25.5 Å². The van der Waals surface area contributed by atoms with Crippen molar-refractivity contribution < 1.29 is 4.74 Å². The van der Waals surface area contributed by atoms with Gasteiger partial charge in [0.15, 0.2) is 6.23 Å². The highest BCUT2D eigenvalue weighted by Gasteiger charge is 2.19. The molecule has 2 aromatic rings. The monoisotopic (exact) mass is 251 g/mol. The molecule has 2 N–H and O–H groups in total. The van der Waals surface area contributed by atoms with Gasteiger partial charge in [-0.25, -0.2) is 4.68 Å². The number of anilines is 1. The van der Waals surface area contributed by atoms with E-state index in [1.807, 2.05) is 10.7 Å². The molecule has 1 aliphatic heterocycles. The molecule has 4 nitrogen and oxygen atoms in total. The van der Waals surface area contributed by atoms with Gasteiger partial charge >= 0.3 is 0 Å². The molecule has 3 rings (SSSR count). The number of nitrogens with zero attached hydrogens (tertiary/aromatic N) is 2. The van der Waals surface area contributed by atoms with Gasteiger partial charge in [0.2, 0.25) is 0 Å². The van der Waals surface area contributed by atoms with Gasteiger partial charge in [-0.2, -0.15) is 5.10 Å². The van der Waals surface area contributed by atoms with Crippen LogP contribution in [0.3, 0.4) is 0 Å². The molecule has 1 unspecified atom stereocenters. The lowest BCUT2D eigenvalue weighted by atomic mass is 10.2. The minimum Gasteiger partial charge on any atom is -0.397 e. The van der Waals surface area contributed by atoms with E-state index in [-0.39, 0.29) is 6.23 Å². The maximum atomic E-state index is 5.99. The Morgan fingerprint density at radius 2 is 2.29 bits per heavy atom. The maximum Gasteiger partial charge on any atom is 0.150 e. The van der Waals surface area contributed by atoms with E-state index in [1.165, 1.54) is 6.42 Å². The molecule has 1 saturated heterocycles. The van der Waals surface area contributed by atoms with Crippen LogP contribution in [0.5, 0.6) is 0 Å². The Morgan fingerprint density at radius 3 is 3.06 bits per heavy atom. The quantitative estimate of drug-likeness (QED) is 0.793. The molecule has 0 saturated carbocycles. The van der Waals surface area contributed by atoms with Crippen LogP contribution in [0.1, 0.15) is 25.5 Å². The smallest absolute Gasteiger partial charge is 0.150 e. The highest BCUT2D eigenvalue weighted by atomic mass is 35.5. The minimum absolute atomic E-state index is 0.0295. The predicted octanol–water partition coefficient (Wildman–Crippen LogP) is 2.97. The van der Waals surface area contributed by atoms with Crippen LogP contribution in [0.2, 0.25) is 5.02 Å². The van der Waals surface area contributed by atoms with E-state index in [0.717, 1.165) is 30.4 Å². The molecule has 0 aliphatic carbocycles. The van der Waals surface area contributed by atoms with Crippen LogP contribution in [0.25, 0.3) is 10.9 Å². The lowest BCUT2D eigenvalue weighted by Crippen LogP contribution is -2.18. The van der Waals surface area contributed by atoms with Gasteiger partial charge in [0.05, 0.1) is 22.4 Å². The lowest BCUT2D eigenvalue weighted by Gasteiger charge is -2.23. The third-order valence-corrected chi connectivity index (χ3v) is 3.53. The number of rotatable bonds is 1. The van der Waals surface area contributed by atoms with Crippen LogP contribution in [0.4, 0.5) is 5.69 Å². The number of fused-ring (bicyclic) bond motifs is 1. The second-order valence-electron chi connectivity index (χ2n) is 4.30. The fourth-order valence-corrected chi connectivity index (χ4v) is 2.43. The van der Waals surface area contributed by atoms with Crippen LogP contribution in [-0.2, 0) is 4.74 Å². The zero-order valence-electron chi connectivity index (χ0n) is 9.40. The van der Waals surface area contributed by atoms with E-state index in [1.54, 1.807) is 12.3 Å². The number of halogens is 1. The molecular weight excluding hydrogens is 238 g/mol. The summed E-state index contributed by atoms with van der Waals surface area (Å²) in [5, 5.41) is 5.84. The van der Waals surface area contributed by atoms with E-state index >= 15 is 0 Å². The summed E-state index contributed by atoms with van der Waals surface area (Å²) >= 11 is 5.99. The highest BCUT2D eigenvalue weighted by Crippen LogP contribution is 2.31. The van der Waals surface area contributed by atoms with Crippen molar-refractivity contribution in [3.8, 4) is 0 Å². The topological polar surface area (TPSA) is 53.1 Å². The summed E-state index contributed by atoms with van der Waals surface area (Å²) in [6, 6.07) is 3.75. The van der Waals surface area contributed by atoms with Crippen molar-refractivity contribution in [2.24, 2.45) is 0 Å². The molecule has 1 atom stereocenters. The Bertz CT molecular complexity index is 546. The molecule has 1 fully saturated rings. The first-order valence-corrected chi connectivity index (χ1v) is 6.18. The first-order chi connectivity index (χ1) is 8.27. The summed E-state index contributed by atoms with van der Waals surface area (Å²) in [5.74, 6) is 0. The summed E-state index contributed by atoms with van der Waals surface area (Å²) in [6.07, 6.45) is 5.09. The molecule has 1 aliphatic rings. The van der Waals surface area contributed by atoms with E-state index in [4.69, 9.17) is 22.1 Å². The van der Waals surface area contributed by atoms with Gasteiger partial charge in [-0.15, -0.1) is 0 Å². The van der Waals surface area contributed by atoms with E-state index in [2.05, 4.69) is 5.10 Å². The number of hydrogen-bond acceptors (Lipinski definition) is 3. The van der Waals surface area contributed by atoms with Crippen LogP contribution in [-0.4, -0.2) is 16.4 Å². The van der Waals surface area contributed by atoms with Crippen molar-refractivity contribution in [3.05, 3.63) is 23.4 Å². The van der Waals surface area contributed by atoms with E-state index in [0.29, 0.717) is 10.7 Å². The lowest BCUT2D eigenvalue weighted by molar-refractivity contribution is -0.0366. The summed E-state index contributed by atoms with van der Waals surface area (Å²) in [4.78, 5) is 0. The van der Waals surface area contributed by atoms with Crippen molar-refractivity contribution in [1.29, 1.82) is 0 Å². The Labute approximate surface area is 104 Å². The number of nitrogens with two attached hydrogens (primary N) is 1.